The van der Waals surface area contributed by atoms with Crippen molar-refractivity contribution >= 4 is 11.6 Å². The van der Waals surface area contributed by atoms with E-state index < -0.39 is 0 Å². The Kier molecular flexibility index (Phi) is 4.52. The van der Waals surface area contributed by atoms with Gasteiger partial charge in [-0.05, 0) is 44.2 Å². The van der Waals surface area contributed by atoms with Crippen LogP contribution in [0.3, 0.4) is 0 Å². The summed E-state index contributed by atoms with van der Waals surface area (Å²) in [4.78, 5) is 13.5. The van der Waals surface area contributed by atoms with E-state index in [1.807, 2.05) is 26.0 Å². The molecule has 1 amide bonds. The fourth-order valence-corrected chi connectivity index (χ4v) is 1.76. The molecule has 4 heteroatoms. The number of nitrogens with one attached hydrogen (secondary N) is 1. The molecule has 0 saturated heterocycles. The van der Waals surface area contributed by atoms with E-state index in [1.165, 1.54) is 0 Å². The van der Waals surface area contributed by atoms with Crippen molar-refractivity contribution in [1.29, 1.82) is 0 Å². The largest absolute Gasteiger partial charge is 0.496 e. The number of aryl methyl sites for hydroxylation is 2. The van der Waals surface area contributed by atoms with E-state index in [9.17, 15) is 4.79 Å². The predicted molar refractivity (Wildman–Crippen MR) is 69.8 cm³/mol. The van der Waals surface area contributed by atoms with Gasteiger partial charge in [-0.15, -0.1) is 0 Å². The fourth-order valence-electron chi connectivity index (χ4n) is 1.76. The highest BCUT2D eigenvalue weighted by Crippen LogP contribution is 2.28. The molecule has 1 N–H and O–H groups in total. The molecule has 0 atom stereocenters. The van der Waals surface area contributed by atoms with E-state index in [4.69, 9.17) is 4.74 Å². The molecule has 0 aliphatic heterocycles. The van der Waals surface area contributed by atoms with Crippen LogP contribution in [0.5, 0.6) is 5.75 Å². The first-order valence-electron chi connectivity index (χ1n) is 5.57. The second-order valence-corrected chi connectivity index (χ2v) is 4.09. The molecule has 0 aromatic heterocycles. The third-order valence-corrected chi connectivity index (χ3v) is 2.78. The summed E-state index contributed by atoms with van der Waals surface area (Å²) in [6.45, 7) is 4.28. The molecule has 0 aliphatic carbocycles. The molecule has 0 heterocycles. The molecule has 0 fully saturated rings. The van der Waals surface area contributed by atoms with E-state index in [1.54, 1.807) is 26.1 Å². The zero-order valence-corrected chi connectivity index (χ0v) is 11.1. The van der Waals surface area contributed by atoms with Crippen molar-refractivity contribution in [3.63, 3.8) is 0 Å². The minimum atomic E-state index is 0.0418. The highest BCUT2D eigenvalue weighted by atomic mass is 16.5. The Balaban J connectivity index is 3.06. The second kappa shape index (κ2) is 5.68. The van der Waals surface area contributed by atoms with Crippen molar-refractivity contribution in [2.45, 2.75) is 13.8 Å². The highest BCUT2D eigenvalue weighted by Gasteiger charge is 2.14. The lowest BCUT2D eigenvalue weighted by molar-refractivity contribution is -0.117. The minimum absolute atomic E-state index is 0.0418. The van der Waals surface area contributed by atoms with Crippen molar-refractivity contribution in [2.24, 2.45) is 0 Å². The third kappa shape index (κ3) is 2.97. The van der Waals surface area contributed by atoms with Crippen LogP contribution in [0.2, 0.25) is 0 Å². The lowest BCUT2D eigenvalue weighted by atomic mass is 10.1. The summed E-state index contributed by atoms with van der Waals surface area (Å²) < 4.78 is 5.25. The summed E-state index contributed by atoms with van der Waals surface area (Å²) in [5, 5.41) is 2.86. The van der Waals surface area contributed by atoms with Gasteiger partial charge >= 0.3 is 0 Å². The highest BCUT2D eigenvalue weighted by molar-refractivity contribution is 5.95. The van der Waals surface area contributed by atoms with Gasteiger partial charge in [-0.3, -0.25) is 4.79 Å². The molecular weight excluding hydrogens is 216 g/mol. The van der Waals surface area contributed by atoms with Gasteiger partial charge in [0.15, 0.2) is 0 Å². The van der Waals surface area contributed by atoms with Gasteiger partial charge in [-0.1, -0.05) is 0 Å². The normalized spacial score (nSPS) is 10.2. The second-order valence-electron chi connectivity index (χ2n) is 4.09. The first-order chi connectivity index (χ1) is 8.01. The van der Waals surface area contributed by atoms with Crippen LogP contribution in [0.25, 0.3) is 0 Å². The van der Waals surface area contributed by atoms with Gasteiger partial charge in [0.2, 0.25) is 5.91 Å². The number of carbonyl (C=O) groups is 1. The molecule has 0 saturated carbocycles. The molecule has 0 bridgehead atoms. The molecular formula is C13H20N2O2. The molecule has 94 valence electrons. The zero-order valence-electron chi connectivity index (χ0n) is 11.1. The SMILES string of the molecule is CNCC(=O)N(C)c1cc(C)c(OC)cc1C. The standard InChI is InChI=1S/C13H20N2O2/c1-9-7-12(17-5)10(2)6-11(9)15(4)13(16)8-14-3/h6-7,14H,8H2,1-5H3. The van der Waals surface area contributed by atoms with Crippen molar-refractivity contribution in [1.82, 2.24) is 5.32 Å². The van der Waals surface area contributed by atoms with Gasteiger partial charge in [0.1, 0.15) is 5.75 Å². The monoisotopic (exact) mass is 236 g/mol. The molecule has 4 nitrogen and oxygen atoms in total. The number of hydrogen-bond donors (Lipinski definition) is 1. The molecule has 1 aromatic rings. The van der Waals surface area contributed by atoms with Crippen molar-refractivity contribution in [3.8, 4) is 5.75 Å². The average molecular weight is 236 g/mol. The summed E-state index contributed by atoms with van der Waals surface area (Å²) in [5.41, 5.74) is 2.97. The van der Waals surface area contributed by atoms with Gasteiger partial charge in [0.25, 0.3) is 0 Å². The predicted octanol–water partition coefficient (Wildman–Crippen LogP) is 1.49. The van der Waals surface area contributed by atoms with Crippen LogP contribution in [-0.4, -0.2) is 33.7 Å². The average Bonchev–Trinajstić information content (AvgIpc) is 2.31. The van der Waals surface area contributed by atoms with E-state index in [2.05, 4.69) is 5.32 Å². The number of methoxy groups -OCH3 is 1. The van der Waals surface area contributed by atoms with E-state index in [0.717, 1.165) is 22.6 Å². The maximum absolute atomic E-state index is 11.8. The third-order valence-electron chi connectivity index (χ3n) is 2.78. The van der Waals surface area contributed by atoms with Gasteiger partial charge in [-0.2, -0.15) is 0 Å². The van der Waals surface area contributed by atoms with Crippen LogP contribution in [0, 0.1) is 13.8 Å². The van der Waals surface area contributed by atoms with Gasteiger partial charge in [0.05, 0.1) is 13.7 Å². The molecule has 0 radical (unpaired) electrons. The molecule has 0 unspecified atom stereocenters. The first kappa shape index (κ1) is 13.5. The van der Waals surface area contributed by atoms with Gasteiger partial charge in [0, 0.05) is 12.7 Å². The van der Waals surface area contributed by atoms with Crippen molar-refractivity contribution in [2.75, 3.05) is 32.6 Å². The Labute approximate surface area is 103 Å². The summed E-state index contributed by atoms with van der Waals surface area (Å²) in [6.07, 6.45) is 0. The lowest BCUT2D eigenvalue weighted by Gasteiger charge is -2.21. The smallest absolute Gasteiger partial charge is 0.240 e. The minimum Gasteiger partial charge on any atom is -0.496 e. The summed E-state index contributed by atoms with van der Waals surface area (Å²) in [5.74, 6) is 0.890. The summed E-state index contributed by atoms with van der Waals surface area (Å²) in [7, 11) is 5.20. The number of carbonyl (C=O) groups excluding carboxylic acids is 1. The Bertz CT molecular complexity index is 416. The molecule has 1 rings (SSSR count). The Morgan fingerprint density at radius 3 is 2.53 bits per heavy atom. The number of likely N-dealkylation sites (N-methyl/N-ethyl adjacent to an activating group) is 2. The summed E-state index contributed by atoms with van der Waals surface area (Å²) >= 11 is 0. The fraction of sp³-hybridized carbons (Fsp3) is 0.462. The van der Waals surface area contributed by atoms with Gasteiger partial charge in [-0.25, -0.2) is 0 Å². The Morgan fingerprint density at radius 2 is 2.00 bits per heavy atom. The van der Waals surface area contributed by atoms with Crippen LogP contribution in [0.1, 0.15) is 11.1 Å². The topological polar surface area (TPSA) is 41.6 Å². The van der Waals surface area contributed by atoms with Crippen LogP contribution < -0.4 is 15.0 Å². The molecule has 0 aliphatic rings. The zero-order chi connectivity index (χ0) is 13.0. The van der Waals surface area contributed by atoms with Crippen LogP contribution in [0.15, 0.2) is 12.1 Å². The first-order valence-corrected chi connectivity index (χ1v) is 5.57. The molecule has 1 aromatic carbocycles. The number of anilines is 1. The number of rotatable bonds is 4. The number of nitrogens with zero attached hydrogens (tertiary/aromatic N) is 1. The number of hydrogen-bond acceptors (Lipinski definition) is 3. The number of benzene rings is 1. The van der Waals surface area contributed by atoms with Crippen molar-refractivity contribution < 1.29 is 9.53 Å². The molecule has 0 spiro atoms. The molecule has 17 heavy (non-hydrogen) atoms. The van der Waals surface area contributed by atoms with Crippen molar-refractivity contribution in [3.05, 3.63) is 23.3 Å². The maximum Gasteiger partial charge on any atom is 0.240 e. The van der Waals surface area contributed by atoms with E-state index in [0.29, 0.717) is 6.54 Å². The lowest BCUT2D eigenvalue weighted by Crippen LogP contribution is -2.34. The number of ether oxygens (including phenoxy) is 1. The van der Waals surface area contributed by atoms with Crippen LogP contribution in [0.4, 0.5) is 5.69 Å². The Morgan fingerprint density at radius 1 is 1.35 bits per heavy atom. The van der Waals surface area contributed by atoms with Crippen LogP contribution in [-0.2, 0) is 4.79 Å². The number of amides is 1. The van der Waals surface area contributed by atoms with E-state index in [-0.39, 0.29) is 5.91 Å². The van der Waals surface area contributed by atoms with Gasteiger partial charge < -0.3 is 15.0 Å². The van der Waals surface area contributed by atoms with Crippen LogP contribution >= 0.6 is 0 Å². The summed E-state index contributed by atoms with van der Waals surface area (Å²) in [6, 6.07) is 3.93. The Hall–Kier alpha value is -1.55. The van der Waals surface area contributed by atoms with E-state index >= 15 is 0 Å². The quantitative estimate of drug-likeness (QED) is 0.861. The maximum atomic E-state index is 11.8.